The summed E-state index contributed by atoms with van der Waals surface area (Å²) in [5, 5.41) is 0.596. The largest absolute Gasteiger partial charge is 0.378 e. The van der Waals surface area contributed by atoms with Crippen molar-refractivity contribution in [2.45, 2.75) is 0 Å². The van der Waals surface area contributed by atoms with Crippen LogP contribution >= 0.6 is 0 Å². The number of hydrogen-bond acceptors (Lipinski definition) is 5. The average Bonchev–Trinajstić information content (AvgIpc) is 2.62. The minimum atomic E-state index is -0.129. The first-order valence-corrected chi connectivity index (χ1v) is 7.59. The zero-order chi connectivity index (χ0) is 15.6. The van der Waals surface area contributed by atoms with E-state index in [2.05, 4.69) is 19.9 Å². The van der Waals surface area contributed by atoms with Gasteiger partial charge in [0.1, 0.15) is 11.6 Å². The van der Waals surface area contributed by atoms with Crippen LogP contribution in [0.15, 0.2) is 47.4 Å². The van der Waals surface area contributed by atoms with Crippen molar-refractivity contribution in [2.24, 2.45) is 0 Å². The van der Waals surface area contributed by atoms with Crippen LogP contribution in [0.2, 0.25) is 0 Å². The summed E-state index contributed by atoms with van der Waals surface area (Å²) in [6, 6.07) is 11.1. The van der Waals surface area contributed by atoms with Crippen molar-refractivity contribution in [3.05, 3.63) is 52.9 Å². The van der Waals surface area contributed by atoms with Crippen LogP contribution in [0.1, 0.15) is 0 Å². The Balaban J connectivity index is 1.77. The van der Waals surface area contributed by atoms with Gasteiger partial charge in [0, 0.05) is 24.8 Å². The first-order valence-electron chi connectivity index (χ1n) is 7.59. The van der Waals surface area contributed by atoms with Crippen LogP contribution in [0.5, 0.6) is 0 Å². The Hall–Kier alpha value is -2.73. The highest BCUT2D eigenvalue weighted by molar-refractivity contribution is 5.79. The minimum absolute atomic E-state index is 0.129. The van der Waals surface area contributed by atoms with Gasteiger partial charge in [-0.3, -0.25) is 4.79 Å². The molecule has 23 heavy (non-hydrogen) atoms. The zero-order valence-corrected chi connectivity index (χ0v) is 12.5. The van der Waals surface area contributed by atoms with Crippen LogP contribution in [0, 0.1) is 0 Å². The number of morpholine rings is 1. The molecule has 116 valence electrons. The number of fused-ring (bicyclic) bond motifs is 1. The number of nitrogens with one attached hydrogen (secondary N) is 1. The number of pyridine rings is 1. The number of aromatic amines is 1. The summed E-state index contributed by atoms with van der Waals surface area (Å²) in [4.78, 5) is 26.2. The number of aromatic nitrogens is 3. The number of para-hydroxylation sites is 1. The van der Waals surface area contributed by atoms with Gasteiger partial charge in [-0.25, -0.2) is 9.97 Å². The lowest BCUT2D eigenvalue weighted by atomic mass is 10.2. The van der Waals surface area contributed by atoms with Crippen LogP contribution in [0.4, 0.5) is 5.82 Å². The third-order valence-corrected chi connectivity index (χ3v) is 3.97. The van der Waals surface area contributed by atoms with Gasteiger partial charge in [-0.2, -0.15) is 0 Å². The van der Waals surface area contributed by atoms with Gasteiger partial charge in [0.15, 0.2) is 0 Å². The Kier molecular flexibility index (Phi) is 3.51. The highest BCUT2D eigenvalue weighted by Crippen LogP contribution is 2.21. The lowest BCUT2D eigenvalue weighted by Crippen LogP contribution is -2.36. The van der Waals surface area contributed by atoms with E-state index in [1.807, 2.05) is 30.3 Å². The topological polar surface area (TPSA) is 71.1 Å². The van der Waals surface area contributed by atoms with Crippen LogP contribution in [0.3, 0.4) is 0 Å². The van der Waals surface area contributed by atoms with Crippen molar-refractivity contribution in [1.29, 1.82) is 0 Å². The Morgan fingerprint density at radius 3 is 2.83 bits per heavy atom. The van der Waals surface area contributed by atoms with Gasteiger partial charge in [0.2, 0.25) is 0 Å². The number of nitrogens with zero attached hydrogens (tertiary/aromatic N) is 3. The van der Waals surface area contributed by atoms with Crippen LogP contribution in [-0.4, -0.2) is 41.3 Å². The van der Waals surface area contributed by atoms with E-state index >= 15 is 0 Å². The van der Waals surface area contributed by atoms with Crippen LogP contribution < -0.4 is 10.5 Å². The molecule has 0 spiro atoms. The van der Waals surface area contributed by atoms with Crippen molar-refractivity contribution in [3.8, 4) is 11.4 Å². The lowest BCUT2D eigenvalue weighted by molar-refractivity contribution is 0.122. The normalized spacial score (nSPS) is 15.0. The second-order valence-corrected chi connectivity index (χ2v) is 5.43. The van der Waals surface area contributed by atoms with Crippen molar-refractivity contribution in [3.63, 3.8) is 0 Å². The molecule has 0 saturated carbocycles. The van der Waals surface area contributed by atoms with Crippen molar-refractivity contribution >= 4 is 16.7 Å². The highest BCUT2D eigenvalue weighted by Gasteiger charge is 2.14. The molecule has 0 aliphatic carbocycles. The van der Waals surface area contributed by atoms with Crippen molar-refractivity contribution in [1.82, 2.24) is 15.0 Å². The van der Waals surface area contributed by atoms with E-state index in [1.165, 1.54) is 0 Å². The molecule has 1 aliphatic heterocycles. The molecule has 0 amide bonds. The van der Waals surface area contributed by atoms with E-state index < -0.39 is 0 Å². The summed E-state index contributed by atoms with van der Waals surface area (Å²) >= 11 is 0. The minimum Gasteiger partial charge on any atom is -0.378 e. The summed E-state index contributed by atoms with van der Waals surface area (Å²) in [6.07, 6.45) is 1.75. The number of rotatable bonds is 2. The van der Waals surface area contributed by atoms with Crippen molar-refractivity contribution in [2.75, 3.05) is 31.2 Å². The van der Waals surface area contributed by atoms with E-state index in [9.17, 15) is 4.79 Å². The summed E-state index contributed by atoms with van der Waals surface area (Å²) < 4.78 is 5.37. The Bertz CT molecular complexity index is 900. The maximum atomic E-state index is 12.2. The quantitative estimate of drug-likeness (QED) is 0.782. The summed E-state index contributed by atoms with van der Waals surface area (Å²) in [5.74, 6) is 1.44. The SMILES string of the molecule is O=c1[nH]c(-c2ccnc(N3CCOCC3)c2)nc2ccccc12. The predicted molar refractivity (Wildman–Crippen MR) is 88.6 cm³/mol. The fraction of sp³-hybridized carbons (Fsp3) is 0.235. The van der Waals surface area contributed by atoms with Gasteiger partial charge >= 0.3 is 0 Å². The first kappa shape index (κ1) is 13.9. The Morgan fingerprint density at radius 1 is 1.13 bits per heavy atom. The van der Waals surface area contributed by atoms with E-state index in [1.54, 1.807) is 12.3 Å². The fourth-order valence-corrected chi connectivity index (χ4v) is 2.75. The van der Waals surface area contributed by atoms with E-state index in [-0.39, 0.29) is 5.56 Å². The third-order valence-electron chi connectivity index (χ3n) is 3.97. The summed E-state index contributed by atoms with van der Waals surface area (Å²) in [5.41, 5.74) is 1.41. The molecule has 1 aliphatic rings. The standard InChI is InChI=1S/C17H16N4O2/c22-17-13-3-1-2-4-14(13)19-16(20-17)12-5-6-18-15(11-12)21-7-9-23-10-8-21/h1-6,11H,7-10H2,(H,19,20,22). The number of benzene rings is 1. The maximum absolute atomic E-state index is 12.2. The number of anilines is 1. The monoisotopic (exact) mass is 308 g/mol. The molecule has 1 saturated heterocycles. The smallest absolute Gasteiger partial charge is 0.259 e. The molecular weight excluding hydrogens is 292 g/mol. The van der Waals surface area contributed by atoms with E-state index in [4.69, 9.17) is 4.74 Å². The molecule has 4 rings (SSSR count). The summed E-state index contributed by atoms with van der Waals surface area (Å²) in [6.45, 7) is 3.05. The van der Waals surface area contributed by atoms with Gasteiger partial charge < -0.3 is 14.6 Å². The lowest BCUT2D eigenvalue weighted by Gasteiger charge is -2.27. The highest BCUT2D eigenvalue weighted by atomic mass is 16.5. The summed E-state index contributed by atoms with van der Waals surface area (Å²) in [7, 11) is 0. The molecule has 0 radical (unpaired) electrons. The van der Waals surface area contributed by atoms with E-state index in [0.717, 1.165) is 24.5 Å². The average molecular weight is 308 g/mol. The van der Waals surface area contributed by atoms with E-state index in [0.29, 0.717) is 29.9 Å². The molecule has 2 aromatic heterocycles. The molecule has 1 aromatic carbocycles. The molecule has 6 heteroatoms. The van der Waals surface area contributed by atoms with Gasteiger partial charge in [-0.1, -0.05) is 12.1 Å². The van der Waals surface area contributed by atoms with Gasteiger partial charge in [-0.15, -0.1) is 0 Å². The predicted octanol–water partition coefficient (Wildman–Crippen LogP) is 1.82. The van der Waals surface area contributed by atoms with Gasteiger partial charge in [0.05, 0.1) is 24.1 Å². The zero-order valence-electron chi connectivity index (χ0n) is 12.5. The van der Waals surface area contributed by atoms with Gasteiger partial charge in [-0.05, 0) is 24.3 Å². The second-order valence-electron chi connectivity index (χ2n) is 5.43. The molecule has 0 atom stereocenters. The first-order chi connectivity index (χ1) is 11.3. The molecule has 1 fully saturated rings. The molecule has 0 unspecified atom stereocenters. The van der Waals surface area contributed by atoms with Crippen molar-refractivity contribution < 1.29 is 4.74 Å². The molecule has 0 bridgehead atoms. The number of ether oxygens (including phenoxy) is 1. The molecule has 3 aromatic rings. The number of hydrogen-bond donors (Lipinski definition) is 1. The van der Waals surface area contributed by atoms with Crippen LogP contribution in [-0.2, 0) is 4.74 Å². The Labute approximate surface area is 132 Å². The fourth-order valence-electron chi connectivity index (χ4n) is 2.75. The van der Waals surface area contributed by atoms with Gasteiger partial charge in [0.25, 0.3) is 5.56 Å². The Morgan fingerprint density at radius 2 is 1.96 bits per heavy atom. The molecule has 6 nitrogen and oxygen atoms in total. The second kappa shape index (κ2) is 5.81. The molecular formula is C17H16N4O2. The third kappa shape index (κ3) is 2.68. The molecule has 1 N–H and O–H groups in total. The maximum Gasteiger partial charge on any atom is 0.259 e. The molecule has 3 heterocycles. The van der Waals surface area contributed by atoms with Crippen LogP contribution in [0.25, 0.3) is 22.3 Å². The number of H-pyrrole nitrogens is 1.